The molecule has 0 unspecified atom stereocenters. The molecular weight excluding hydrogens is 250 g/mol. The third-order valence-corrected chi connectivity index (χ3v) is 3.68. The number of aldehydes is 1. The molecule has 0 amide bonds. The molecule has 18 heavy (non-hydrogen) atoms. The van der Waals surface area contributed by atoms with Crippen LogP contribution in [-0.4, -0.2) is 18.1 Å². The summed E-state index contributed by atoms with van der Waals surface area (Å²) >= 11 is 1.50. The second-order valence-corrected chi connectivity index (χ2v) is 4.96. The van der Waals surface area contributed by atoms with Crippen molar-refractivity contribution in [1.82, 2.24) is 4.98 Å². The SMILES string of the molecule is Cc1cc2c(cc1-c1csc(CC=O)n1)OCO2. The number of ether oxygens (including phenoxy) is 2. The monoisotopic (exact) mass is 261 g/mol. The van der Waals surface area contributed by atoms with Gasteiger partial charge in [0.2, 0.25) is 6.79 Å². The quantitative estimate of drug-likeness (QED) is 0.797. The number of hydrogen-bond donors (Lipinski definition) is 0. The molecule has 2 aromatic rings. The van der Waals surface area contributed by atoms with Gasteiger partial charge < -0.3 is 14.3 Å². The summed E-state index contributed by atoms with van der Waals surface area (Å²) in [4.78, 5) is 14.9. The average Bonchev–Trinajstić information content (AvgIpc) is 2.96. The molecule has 0 fully saturated rings. The van der Waals surface area contributed by atoms with Crippen molar-refractivity contribution in [1.29, 1.82) is 0 Å². The molecule has 1 aromatic carbocycles. The highest BCUT2D eigenvalue weighted by molar-refractivity contribution is 7.10. The highest BCUT2D eigenvalue weighted by Crippen LogP contribution is 2.38. The van der Waals surface area contributed by atoms with Crippen molar-refractivity contribution in [2.75, 3.05) is 6.79 Å². The topological polar surface area (TPSA) is 48.4 Å². The van der Waals surface area contributed by atoms with E-state index in [0.717, 1.165) is 39.6 Å². The Labute approximate surface area is 108 Å². The molecule has 0 saturated heterocycles. The van der Waals surface area contributed by atoms with E-state index in [2.05, 4.69) is 4.98 Å². The summed E-state index contributed by atoms with van der Waals surface area (Å²) in [7, 11) is 0. The van der Waals surface area contributed by atoms with Crippen molar-refractivity contribution in [3.63, 3.8) is 0 Å². The van der Waals surface area contributed by atoms with Crippen LogP contribution in [0.2, 0.25) is 0 Å². The van der Waals surface area contributed by atoms with Gasteiger partial charge >= 0.3 is 0 Å². The van der Waals surface area contributed by atoms with E-state index in [1.54, 1.807) is 0 Å². The molecule has 92 valence electrons. The van der Waals surface area contributed by atoms with E-state index in [0.29, 0.717) is 6.42 Å². The van der Waals surface area contributed by atoms with Gasteiger partial charge in [0.15, 0.2) is 11.5 Å². The molecule has 1 aromatic heterocycles. The number of aryl methyl sites for hydroxylation is 1. The van der Waals surface area contributed by atoms with Gasteiger partial charge in [0.25, 0.3) is 0 Å². The molecule has 3 rings (SSSR count). The van der Waals surface area contributed by atoms with E-state index in [-0.39, 0.29) is 6.79 Å². The van der Waals surface area contributed by atoms with Gasteiger partial charge in [-0.3, -0.25) is 0 Å². The second-order valence-electron chi connectivity index (χ2n) is 4.02. The first-order valence-corrected chi connectivity index (χ1v) is 6.44. The van der Waals surface area contributed by atoms with Crippen LogP contribution in [0.15, 0.2) is 17.5 Å². The maximum absolute atomic E-state index is 10.5. The number of carbonyl (C=O) groups excluding carboxylic acids is 1. The number of fused-ring (bicyclic) bond motifs is 1. The van der Waals surface area contributed by atoms with E-state index < -0.39 is 0 Å². The van der Waals surface area contributed by atoms with Gasteiger partial charge in [-0.05, 0) is 24.6 Å². The summed E-state index contributed by atoms with van der Waals surface area (Å²) in [5.41, 5.74) is 2.99. The zero-order valence-corrected chi connectivity index (χ0v) is 10.6. The first-order chi connectivity index (χ1) is 8.78. The Hall–Kier alpha value is -1.88. The number of benzene rings is 1. The molecule has 0 atom stereocenters. The fourth-order valence-electron chi connectivity index (χ4n) is 1.92. The minimum Gasteiger partial charge on any atom is -0.454 e. The summed E-state index contributed by atoms with van der Waals surface area (Å²) in [5.74, 6) is 1.53. The molecule has 0 bridgehead atoms. The molecule has 0 aliphatic carbocycles. The Morgan fingerprint density at radius 1 is 1.39 bits per heavy atom. The van der Waals surface area contributed by atoms with Crippen molar-refractivity contribution in [2.24, 2.45) is 0 Å². The zero-order valence-electron chi connectivity index (χ0n) is 9.80. The minimum atomic E-state index is 0.270. The summed E-state index contributed by atoms with van der Waals surface area (Å²) in [5, 5.41) is 2.79. The lowest BCUT2D eigenvalue weighted by molar-refractivity contribution is -0.107. The molecule has 0 saturated carbocycles. The Kier molecular flexibility index (Phi) is 2.76. The number of aromatic nitrogens is 1. The molecular formula is C13H11NO3S. The summed E-state index contributed by atoms with van der Waals surface area (Å²) in [6, 6.07) is 3.90. The summed E-state index contributed by atoms with van der Waals surface area (Å²) in [6.07, 6.45) is 1.24. The van der Waals surface area contributed by atoms with Gasteiger partial charge in [0.1, 0.15) is 11.3 Å². The lowest BCUT2D eigenvalue weighted by atomic mass is 10.1. The van der Waals surface area contributed by atoms with Crippen LogP contribution in [0, 0.1) is 6.92 Å². The molecule has 5 heteroatoms. The average molecular weight is 261 g/mol. The van der Waals surface area contributed by atoms with Crippen LogP contribution < -0.4 is 9.47 Å². The molecule has 0 radical (unpaired) electrons. The van der Waals surface area contributed by atoms with E-state index in [4.69, 9.17) is 9.47 Å². The number of carbonyl (C=O) groups is 1. The van der Waals surface area contributed by atoms with E-state index >= 15 is 0 Å². The van der Waals surface area contributed by atoms with Crippen LogP contribution in [0.5, 0.6) is 11.5 Å². The zero-order chi connectivity index (χ0) is 12.5. The first kappa shape index (κ1) is 11.2. The van der Waals surface area contributed by atoms with Crippen LogP contribution >= 0.6 is 11.3 Å². The minimum absolute atomic E-state index is 0.270. The third kappa shape index (κ3) is 1.86. The van der Waals surface area contributed by atoms with Crippen molar-refractivity contribution in [3.05, 3.63) is 28.1 Å². The van der Waals surface area contributed by atoms with Crippen LogP contribution in [0.1, 0.15) is 10.6 Å². The van der Waals surface area contributed by atoms with E-state index in [1.807, 2.05) is 24.4 Å². The number of hydrogen-bond acceptors (Lipinski definition) is 5. The van der Waals surface area contributed by atoms with Gasteiger partial charge in [-0.15, -0.1) is 11.3 Å². The van der Waals surface area contributed by atoms with Crippen molar-refractivity contribution in [2.45, 2.75) is 13.3 Å². The van der Waals surface area contributed by atoms with Gasteiger partial charge in [0, 0.05) is 10.9 Å². The fourth-order valence-corrected chi connectivity index (χ4v) is 2.66. The van der Waals surface area contributed by atoms with Crippen LogP contribution in [0.25, 0.3) is 11.3 Å². The normalized spacial score (nSPS) is 12.7. The predicted octanol–water partition coefficient (Wildman–Crippen LogP) is 2.59. The Morgan fingerprint density at radius 3 is 2.94 bits per heavy atom. The molecule has 2 heterocycles. The summed E-state index contributed by atoms with van der Waals surface area (Å²) < 4.78 is 10.7. The van der Waals surface area contributed by atoms with Crippen molar-refractivity contribution < 1.29 is 14.3 Å². The largest absolute Gasteiger partial charge is 0.454 e. The van der Waals surface area contributed by atoms with Crippen molar-refractivity contribution >= 4 is 17.6 Å². The lowest BCUT2D eigenvalue weighted by Gasteiger charge is -2.04. The maximum Gasteiger partial charge on any atom is 0.231 e. The Balaban J connectivity index is 2.02. The highest BCUT2D eigenvalue weighted by atomic mass is 32.1. The number of rotatable bonds is 3. The Bertz CT molecular complexity index is 606. The van der Waals surface area contributed by atoms with Gasteiger partial charge in [-0.2, -0.15) is 0 Å². The lowest BCUT2D eigenvalue weighted by Crippen LogP contribution is -1.92. The maximum atomic E-state index is 10.5. The van der Waals surface area contributed by atoms with E-state index in [1.165, 1.54) is 11.3 Å². The third-order valence-electron chi connectivity index (χ3n) is 2.81. The molecule has 0 spiro atoms. The van der Waals surface area contributed by atoms with Crippen LogP contribution in [0.4, 0.5) is 0 Å². The van der Waals surface area contributed by atoms with Crippen molar-refractivity contribution in [3.8, 4) is 22.8 Å². The van der Waals surface area contributed by atoms with Crippen LogP contribution in [-0.2, 0) is 11.2 Å². The molecule has 0 N–H and O–H groups in total. The fraction of sp³-hybridized carbons (Fsp3) is 0.231. The first-order valence-electron chi connectivity index (χ1n) is 5.56. The number of nitrogens with zero attached hydrogens (tertiary/aromatic N) is 1. The predicted molar refractivity (Wildman–Crippen MR) is 68.2 cm³/mol. The standard InChI is InChI=1S/C13H11NO3S/c1-8-4-11-12(17-7-16-11)5-9(8)10-6-18-13(14-10)2-3-15/h3-6H,2,7H2,1H3. The second kappa shape index (κ2) is 4.42. The molecule has 1 aliphatic rings. The summed E-state index contributed by atoms with van der Waals surface area (Å²) in [6.45, 7) is 2.28. The van der Waals surface area contributed by atoms with Crippen LogP contribution in [0.3, 0.4) is 0 Å². The van der Waals surface area contributed by atoms with Gasteiger partial charge in [0.05, 0.1) is 12.1 Å². The van der Waals surface area contributed by atoms with Gasteiger partial charge in [-0.1, -0.05) is 0 Å². The van der Waals surface area contributed by atoms with Gasteiger partial charge in [-0.25, -0.2) is 4.98 Å². The van der Waals surface area contributed by atoms with E-state index in [9.17, 15) is 4.79 Å². The molecule has 1 aliphatic heterocycles. The molecule has 4 nitrogen and oxygen atoms in total. The smallest absolute Gasteiger partial charge is 0.231 e. The number of thiazole rings is 1. The Morgan fingerprint density at radius 2 is 2.17 bits per heavy atom. The highest BCUT2D eigenvalue weighted by Gasteiger charge is 2.17.